The molecule has 4 aromatic carbocycles. The summed E-state index contributed by atoms with van der Waals surface area (Å²) in [6.45, 7) is 8.85. The standard InChI is InChI=1S/2C23H27N3O2.2CH4O.2Fe/c2*1-23(22-12-6-7-13-26-22,16-24-14-18-8-2-4-10-20(18)27)17-25-15-19-9-3-5-11-21(19)28;2*1-2;;/h2*2-13,24-25,27-28H,14-17H2,1H3;2*2H,1H3;;/q;;;;2*+4/p-4. The first-order chi connectivity index (χ1) is 29.2. The minimum absolute atomic E-state index is 0. The van der Waals surface area contributed by atoms with E-state index in [1.165, 1.54) is 0 Å². The molecule has 0 spiro atoms. The zero-order chi connectivity index (χ0) is 43.6. The van der Waals surface area contributed by atoms with Crippen LogP contribution in [0.25, 0.3) is 0 Å². The van der Waals surface area contributed by atoms with Crippen LogP contribution < -0.4 is 41.7 Å². The van der Waals surface area contributed by atoms with Crippen LogP contribution >= 0.6 is 0 Å². The Morgan fingerprint density at radius 3 is 0.823 bits per heavy atom. The Balaban J connectivity index is 0.000000557. The van der Waals surface area contributed by atoms with E-state index in [2.05, 4.69) is 45.1 Å². The molecule has 6 aromatic rings. The van der Waals surface area contributed by atoms with Gasteiger partial charge >= 0.3 is 34.1 Å². The molecule has 2 heterocycles. The smallest absolute Gasteiger partial charge is 0.872 e. The fourth-order valence-corrected chi connectivity index (χ4v) is 6.42. The number of aliphatic hydroxyl groups excluding tert-OH is 2. The second-order valence-corrected chi connectivity index (χ2v) is 14.4. The Kier molecular flexibility index (Phi) is 26.9. The number of nitrogens with zero attached hydrogens (tertiary/aromatic N) is 2. The van der Waals surface area contributed by atoms with Crippen LogP contribution in [0.1, 0.15) is 47.5 Å². The molecule has 0 saturated heterocycles. The number of hydrogen-bond donors (Lipinski definition) is 6. The van der Waals surface area contributed by atoms with Gasteiger partial charge in [-0.2, -0.15) is 0 Å². The molecule has 14 heteroatoms. The van der Waals surface area contributed by atoms with Crippen molar-refractivity contribution in [2.45, 2.75) is 50.9 Å². The molecule has 0 radical (unpaired) electrons. The van der Waals surface area contributed by atoms with E-state index in [0.717, 1.165) is 47.9 Å². The molecule has 2 aromatic heterocycles. The molecule has 12 nitrogen and oxygen atoms in total. The molecular weight excluding hydrogens is 868 g/mol. The van der Waals surface area contributed by atoms with E-state index in [-0.39, 0.29) is 68.0 Å². The Hall–Kier alpha value is -4.82. The number of benzene rings is 4. The number of aliphatic hydroxyl groups is 2. The van der Waals surface area contributed by atoms with Gasteiger partial charge < -0.3 is 51.9 Å². The summed E-state index contributed by atoms with van der Waals surface area (Å²) in [4.78, 5) is 9.07. The average Bonchev–Trinajstić information content (AvgIpc) is 3.28. The normalized spacial score (nSPS) is 10.5. The first-order valence-electron chi connectivity index (χ1n) is 19.7. The molecule has 0 atom stereocenters. The molecule has 62 heavy (non-hydrogen) atoms. The molecule has 6 N–H and O–H groups in total. The molecule has 6 rings (SSSR count). The molecule has 0 bridgehead atoms. The van der Waals surface area contributed by atoms with E-state index in [0.29, 0.717) is 52.4 Å². The van der Waals surface area contributed by atoms with Crippen molar-refractivity contribution in [1.29, 1.82) is 0 Å². The van der Waals surface area contributed by atoms with Crippen molar-refractivity contribution in [2.24, 2.45) is 0 Å². The van der Waals surface area contributed by atoms with Gasteiger partial charge in [0, 0.05) is 101 Å². The Morgan fingerprint density at radius 1 is 0.387 bits per heavy atom. The topological polar surface area (TPSA) is 207 Å². The summed E-state index contributed by atoms with van der Waals surface area (Å²) in [5.74, 6) is 0.166. The minimum Gasteiger partial charge on any atom is -0.872 e. The van der Waals surface area contributed by atoms with E-state index in [1.54, 1.807) is 60.9 Å². The van der Waals surface area contributed by atoms with Gasteiger partial charge in [-0.25, -0.2) is 0 Å². The summed E-state index contributed by atoms with van der Waals surface area (Å²) in [6.07, 6.45) is 3.57. The largest absolute Gasteiger partial charge is 4.00 e. The number of hydrogen-bond acceptors (Lipinski definition) is 12. The van der Waals surface area contributed by atoms with Gasteiger partial charge in [-0.3, -0.25) is 9.97 Å². The summed E-state index contributed by atoms with van der Waals surface area (Å²) in [7, 11) is 2.00. The Morgan fingerprint density at radius 2 is 0.613 bits per heavy atom. The maximum absolute atomic E-state index is 11.9. The summed E-state index contributed by atoms with van der Waals surface area (Å²) in [5, 5.41) is 75.2. The van der Waals surface area contributed by atoms with Gasteiger partial charge in [0.2, 0.25) is 0 Å². The van der Waals surface area contributed by atoms with Gasteiger partial charge in [-0.1, -0.05) is 123 Å². The molecule has 0 fully saturated rings. The van der Waals surface area contributed by atoms with Gasteiger partial charge in [0.15, 0.2) is 0 Å². The van der Waals surface area contributed by atoms with Crippen LogP contribution in [0.2, 0.25) is 0 Å². The summed E-state index contributed by atoms with van der Waals surface area (Å²) in [6, 6.07) is 39.9. The Labute approximate surface area is 387 Å². The summed E-state index contributed by atoms with van der Waals surface area (Å²) >= 11 is 0. The van der Waals surface area contributed by atoms with Gasteiger partial charge in [0.05, 0.1) is 0 Å². The molecule has 0 unspecified atom stereocenters. The number of rotatable bonds is 18. The fourth-order valence-electron chi connectivity index (χ4n) is 6.42. The van der Waals surface area contributed by atoms with Crippen LogP contribution in [0.5, 0.6) is 23.0 Å². The van der Waals surface area contributed by atoms with Crippen molar-refractivity contribution in [3.05, 3.63) is 179 Å². The minimum atomic E-state index is -0.295. The van der Waals surface area contributed by atoms with Crippen LogP contribution in [-0.4, -0.2) is 60.6 Å². The maximum atomic E-state index is 11.9. The summed E-state index contributed by atoms with van der Waals surface area (Å²) in [5.41, 5.74) is 4.33. The number of aromatic nitrogens is 2. The van der Waals surface area contributed by atoms with Crippen LogP contribution in [0.3, 0.4) is 0 Å². The van der Waals surface area contributed by atoms with Crippen molar-refractivity contribution in [3.63, 3.8) is 0 Å². The average molecular weight is 927 g/mol. The van der Waals surface area contributed by atoms with E-state index in [1.807, 2.05) is 84.9 Å². The zero-order valence-electron chi connectivity index (χ0n) is 35.6. The molecule has 0 aliphatic carbocycles. The van der Waals surface area contributed by atoms with E-state index < -0.39 is 0 Å². The van der Waals surface area contributed by atoms with Crippen LogP contribution in [0.15, 0.2) is 146 Å². The predicted molar refractivity (Wildman–Crippen MR) is 230 cm³/mol. The molecule has 0 saturated carbocycles. The molecule has 0 aliphatic rings. The van der Waals surface area contributed by atoms with E-state index >= 15 is 0 Å². The van der Waals surface area contributed by atoms with Crippen molar-refractivity contribution in [2.75, 3.05) is 40.4 Å². The second kappa shape index (κ2) is 30.3. The van der Waals surface area contributed by atoms with Gasteiger partial charge in [-0.05, 0) is 46.5 Å². The number of para-hydroxylation sites is 4. The molecular formula is C48H58Fe2N6O6+4. The van der Waals surface area contributed by atoms with Gasteiger partial charge in [0.25, 0.3) is 0 Å². The third kappa shape index (κ3) is 17.9. The quantitative estimate of drug-likeness (QED) is 0.0687. The predicted octanol–water partition coefficient (Wildman–Crippen LogP) is 3.34. The summed E-state index contributed by atoms with van der Waals surface area (Å²) < 4.78 is 0. The van der Waals surface area contributed by atoms with Crippen molar-refractivity contribution < 1.29 is 64.8 Å². The van der Waals surface area contributed by atoms with Crippen LogP contribution in [0.4, 0.5) is 0 Å². The third-order valence-electron chi connectivity index (χ3n) is 9.78. The van der Waals surface area contributed by atoms with Crippen LogP contribution in [0, 0.1) is 0 Å². The van der Waals surface area contributed by atoms with Crippen molar-refractivity contribution in [1.82, 2.24) is 31.2 Å². The SMILES string of the molecule is CC(CNCc1ccccc1[O-])(CNCc1ccccc1[O-])c1ccccn1.CC(CNCc1ccccc1[O-])(CNCc1ccccc1[O-])c1ccccn1.CO.CO.[Fe+4].[Fe+4]. The molecule has 0 amide bonds. The molecule has 0 aliphatic heterocycles. The first kappa shape index (κ1) is 55.2. The first-order valence-corrected chi connectivity index (χ1v) is 19.7. The zero-order valence-corrected chi connectivity index (χ0v) is 37.9. The Bertz CT molecular complexity index is 1830. The number of nitrogens with one attached hydrogen (secondary N) is 4. The maximum Gasteiger partial charge on any atom is 4.00 e. The molecule has 328 valence electrons. The van der Waals surface area contributed by atoms with Gasteiger partial charge in [-0.15, -0.1) is 23.0 Å². The monoisotopic (exact) mass is 926 g/mol. The second-order valence-electron chi connectivity index (χ2n) is 14.4. The van der Waals surface area contributed by atoms with Crippen molar-refractivity contribution in [3.8, 4) is 23.0 Å². The van der Waals surface area contributed by atoms with E-state index in [9.17, 15) is 20.4 Å². The fraction of sp³-hybridized carbons (Fsp3) is 0.292. The third-order valence-corrected chi connectivity index (χ3v) is 9.78. The van der Waals surface area contributed by atoms with Gasteiger partial charge in [0.1, 0.15) is 0 Å². The van der Waals surface area contributed by atoms with E-state index in [4.69, 9.17) is 10.2 Å². The number of pyridine rings is 2. The van der Waals surface area contributed by atoms with Crippen LogP contribution in [-0.2, 0) is 71.1 Å². The van der Waals surface area contributed by atoms with Crippen molar-refractivity contribution >= 4 is 0 Å².